The van der Waals surface area contributed by atoms with Crippen molar-refractivity contribution in [3.8, 4) is 5.75 Å². The van der Waals surface area contributed by atoms with E-state index in [9.17, 15) is 4.79 Å². The number of allylic oxidation sites excluding steroid dienone is 2. The Labute approximate surface area is 152 Å². The van der Waals surface area contributed by atoms with E-state index in [0.717, 1.165) is 29.0 Å². The predicted octanol–water partition coefficient (Wildman–Crippen LogP) is 3.12. The second-order valence-electron chi connectivity index (χ2n) is 8.05. The molecule has 1 aromatic carbocycles. The molecule has 1 unspecified atom stereocenters. The number of hydrogen-bond acceptors (Lipinski definition) is 6. The number of ether oxygens (including phenoxy) is 1. The van der Waals surface area contributed by atoms with Gasteiger partial charge in [0, 0.05) is 17.7 Å². The van der Waals surface area contributed by atoms with Crippen LogP contribution >= 0.6 is 0 Å². The third kappa shape index (κ3) is 2.87. The zero-order valence-electron chi connectivity index (χ0n) is 15.5. The molecule has 2 heterocycles. The number of carbonyl (C=O) groups is 1. The zero-order valence-corrected chi connectivity index (χ0v) is 15.5. The van der Waals surface area contributed by atoms with E-state index in [1.807, 2.05) is 38.1 Å². The van der Waals surface area contributed by atoms with Crippen LogP contribution in [0.5, 0.6) is 5.75 Å². The Morgan fingerprint density at radius 2 is 2.12 bits per heavy atom. The topological polar surface area (TPSA) is 81.9 Å². The number of fused-ring (bicyclic) bond motifs is 1. The molecule has 1 aromatic heterocycles. The number of anilines is 1. The second kappa shape index (κ2) is 5.93. The van der Waals surface area contributed by atoms with Gasteiger partial charge in [-0.3, -0.25) is 4.79 Å². The Morgan fingerprint density at radius 3 is 2.88 bits per heavy atom. The summed E-state index contributed by atoms with van der Waals surface area (Å²) in [4.78, 5) is 13.0. The van der Waals surface area contributed by atoms with Crippen molar-refractivity contribution < 1.29 is 9.53 Å². The van der Waals surface area contributed by atoms with Gasteiger partial charge in [-0.15, -0.1) is 0 Å². The highest BCUT2D eigenvalue weighted by Gasteiger charge is 2.41. The lowest BCUT2D eigenvalue weighted by Crippen LogP contribution is -2.36. The van der Waals surface area contributed by atoms with Gasteiger partial charge >= 0.3 is 0 Å². The van der Waals surface area contributed by atoms with Crippen molar-refractivity contribution in [3.05, 3.63) is 41.1 Å². The smallest absolute Gasteiger partial charge is 0.248 e. The van der Waals surface area contributed by atoms with Gasteiger partial charge in [-0.25, -0.2) is 0 Å². The van der Waals surface area contributed by atoms with E-state index in [2.05, 4.69) is 34.7 Å². The highest BCUT2D eigenvalue weighted by Crippen LogP contribution is 2.45. The maximum absolute atomic E-state index is 13.0. The van der Waals surface area contributed by atoms with Crippen LogP contribution < -0.4 is 10.1 Å². The van der Waals surface area contributed by atoms with Gasteiger partial charge in [-0.2, -0.15) is 4.68 Å². The van der Waals surface area contributed by atoms with Crippen LogP contribution in [0.15, 0.2) is 35.5 Å². The molecule has 1 aliphatic heterocycles. The van der Waals surface area contributed by atoms with Crippen LogP contribution in [0.25, 0.3) is 0 Å². The third-order valence-electron chi connectivity index (χ3n) is 4.74. The quantitative estimate of drug-likeness (QED) is 0.913. The Bertz CT molecular complexity index is 897. The minimum atomic E-state index is -0.337. The second-order valence-corrected chi connectivity index (χ2v) is 8.05. The number of Topliss-reactive ketones (excluding diaryl/α,β-unsaturated/α-hetero) is 1. The van der Waals surface area contributed by atoms with Crippen LogP contribution in [-0.4, -0.2) is 32.1 Å². The van der Waals surface area contributed by atoms with Gasteiger partial charge in [-0.05, 0) is 53.8 Å². The number of ketones is 1. The van der Waals surface area contributed by atoms with Gasteiger partial charge in [0.2, 0.25) is 5.95 Å². The van der Waals surface area contributed by atoms with E-state index in [1.54, 1.807) is 4.68 Å². The van der Waals surface area contributed by atoms with Crippen LogP contribution in [0.2, 0.25) is 0 Å². The summed E-state index contributed by atoms with van der Waals surface area (Å²) >= 11 is 0. The SMILES string of the molecule is CC(C)Oc1cccc(C2C3=C(CC(C)(C)CC3=O)Nc3nnnn32)c1. The van der Waals surface area contributed by atoms with Gasteiger partial charge in [0.05, 0.1) is 6.10 Å². The Balaban J connectivity index is 1.83. The van der Waals surface area contributed by atoms with Crippen molar-refractivity contribution in [2.24, 2.45) is 5.41 Å². The van der Waals surface area contributed by atoms with E-state index in [1.165, 1.54) is 0 Å². The van der Waals surface area contributed by atoms with Crippen molar-refractivity contribution in [2.45, 2.75) is 52.7 Å². The van der Waals surface area contributed by atoms with Crippen molar-refractivity contribution in [1.82, 2.24) is 20.2 Å². The van der Waals surface area contributed by atoms with E-state index < -0.39 is 0 Å². The number of nitrogens with one attached hydrogen (secondary N) is 1. The molecule has 4 rings (SSSR count). The molecule has 2 aliphatic rings. The summed E-state index contributed by atoms with van der Waals surface area (Å²) in [5.74, 6) is 1.48. The zero-order chi connectivity index (χ0) is 18.5. The fourth-order valence-electron chi connectivity index (χ4n) is 3.81. The highest BCUT2D eigenvalue weighted by atomic mass is 16.5. The minimum Gasteiger partial charge on any atom is -0.491 e. The molecule has 136 valence electrons. The van der Waals surface area contributed by atoms with E-state index >= 15 is 0 Å². The lowest BCUT2D eigenvalue weighted by Gasteiger charge is -2.37. The average molecular weight is 353 g/mol. The highest BCUT2D eigenvalue weighted by molar-refractivity contribution is 6.00. The number of aromatic nitrogens is 4. The number of nitrogens with zero attached hydrogens (tertiary/aromatic N) is 4. The third-order valence-corrected chi connectivity index (χ3v) is 4.74. The van der Waals surface area contributed by atoms with Crippen LogP contribution in [0, 0.1) is 5.41 Å². The van der Waals surface area contributed by atoms with E-state index in [4.69, 9.17) is 4.74 Å². The number of carbonyl (C=O) groups excluding carboxylic acids is 1. The maximum atomic E-state index is 13.0. The molecule has 0 radical (unpaired) electrons. The van der Waals surface area contributed by atoms with Gasteiger partial charge in [0.15, 0.2) is 5.78 Å². The van der Waals surface area contributed by atoms with Gasteiger partial charge in [0.1, 0.15) is 11.8 Å². The number of rotatable bonds is 3. The Hall–Kier alpha value is -2.70. The molecule has 2 aromatic rings. The number of tetrazole rings is 1. The molecule has 0 amide bonds. The van der Waals surface area contributed by atoms with E-state index in [0.29, 0.717) is 12.4 Å². The molecule has 1 atom stereocenters. The molecule has 0 fully saturated rings. The van der Waals surface area contributed by atoms with Gasteiger partial charge in [-0.1, -0.05) is 31.1 Å². The monoisotopic (exact) mass is 353 g/mol. The first-order valence-corrected chi connectivity index (χ1v) is 8.92. The standard InChI is InChI=1S/C19H23N5O2/c1-11(2)26-13-7-5-6-12(8-13)17-16-14(9-19(3,4)10-15(16)25)20-18-21-22-23-24(17)18/h5-8,11,17H,9-10H2,1-4H3,(H,20,21,23). The summed E-state index contributed by atoms with van der Waals surface area (Å²) in [5, 5.41) is 15.3. The summed E-state index contributed by atoms with van der Waals surface area (Å²) in [6, 6.07) is 7.49. The number of hydrogen-bond donors (Lipinski definition) is 1. The summed E-state index contributed by atoms with van der Waals surface area (Å²) in [5.41, 5.74) is 2.55. The summed E-state index contributed by atoms with van der Waals surface area (Å²) in [7, 11) is 0. The fourth-order valence-corrected chi connectivity index (χ4v) is 3.81. The van der Waals surface area contributed by atoms with Crippen LogP contribution in [0.4, 0.5) is 5.95 Å². The predicted molar refractivity (Wildman–Crippen MR) is 96.8 cm³/mol. The minimum absolute atomic E-state index is 0.0776. The van der Waals surface area contributed by atoms with Crippen molar-refractivity contribution in [2.75, 3.05) is 5.32 Å². The fraction of sp³-hybridized carbons (Fsp3) is 0.474. The average Bonchev–Trinajstić information content (AvgIpc) is 2.99. The normalized spacial score (nSPS) is 21.3. The van der Waals surface area contributed by atoms with Crippen LogP contribution in [0.1, 0.15) is 52.1 Å². The van der Waals surface area contributed by atoms with Crippen molar-refractivity contribution >= 4 is 11.7 Å². The molecule has 1 N–H and O–H groups in total. The molecule has 0 saturated heterocycles. The van der Waals surface area contributed by atoms with Crippen molar-refractivity contribution in [1.29, 1.82) is 0 Å². The molecule has 0 saturated carbocycles. The largest absolute Gasteiger partial charge is 0.491 e. The van der Waals surface area contributed by atoms with Gasteiger partial charge < -0.3 is 10.1 Å². The van der Waals surface area contributed by atoms with E-state index in [-0.39, 0.29) is 23.3 Å². The molecular weight excluding hydrogens is 330 g/mol. The summed E-state index contributed by atoms with van der Waals surface area (Å²) in [6.45, 7) is 8.20. The summed E-state index contributed by atoms with van der Waals surface area (Å²) in [6.07, 6.45) is 1.39. The Kier molecular flexibility index (Phi) is 3.82. The first-order chi connectivity index (χ1) is 12.3. The first kappa shape index (κ1) is 16.8. The Morgan fingerprint density at radius 1 is 1.31 bits per heavy atom. The molecule has 7 heteroatoms. The lowest BCUT2D eigenvalue weighted by molar-refractivity contribution is -0.118. The van der Waals surface area contributed by atoms with Gasteiger partial charge in [0.25, 0.3) is 0 Å². The molecule has 7 nitrogen and oxygen atoms in total. The molecular formula is C19H23N5O2. The van der Waals surface area contributed by atoms with Crippen LogP contribution in [0.3, 0.4) is 0 Å². The molecule has 0 spiro atoms. The molecule has 1 aliphatic carbocycles. The summed E-state index contributed by atoms with van der Waals surface area (Å²) < 4.78 is 7.52. The maximum Gasteiger partial charge on any atom is 0.248 e. The van der Waals surface area contributed by atoms with Crippen molar-refractivity contribution in [3.63, 3.8) is 0 Å². The molecule has 0 bridgehead atoms. The first-order valence-electron chi connectivity index (χ1n) is 8.92. The number of benzene rings is 1. The molecule has 26 heavy (non-hydrogen) atoms. The van der Waals surface area contributed by atoms with Crippen LogP contribution in [-0.2, 0) is 4.79 Å². The lowest BCUT2D eigenvalue weighted by atomic mass is 9.73.